The first-order valence-corrected chi connectivity index (χ1v) is 7.63. The highest BCUT2D eigenvalue weighted by atomic mass is 79.9. The Morgan fingerprint density at radius 1 is 1.28 bits per heavy atom. The molecular weight excluding hydrogens is 314 g/mol. The molecule has 0 aromatic heterocycles. The average molecular weight is 335 g/mol. The summed E-state index contributed by atoms with van der Waals surface area (Å²) in [6.07, 6.45) is 3.39. The first-order chi connectivity index (χ1) is 8.74. The highest BCUT2D eigenvalue weighted by Gasteiger charge is 2.00. The molecule has 0 aliphatic heterocycles. The fourth-order valence-electron chi connectivity index (χ4n) is 1.55. The normalized spacial score (nSPS) is 10.8. The van der Waals surface area contributed by atoms with E-state index < -0.39 is 0 Å². The maximum absolute atomic E-state index is 5.96. The molecule has 1 N–H and O–H groups in total. The molecule has 102 valence electrons. The first-order valence-electron chi connectivity index (χ1n) is 6.46. The van der Waals surface area contributed by atoms with Crippen molar-refractivity contribution in [1.29, 1.82) is 0 Å². The van der Waals surface area contributed by atoms with E-state index in [-0.39, 0.29) is 0 Å². The Morgan fingerprint density at radius 3 is 2.83 bits per heavy atom. The van der Waals surface area contributed by atoms with E-state index in [1.165, 1.54) is 12.0 Å². The Kier molecular flexibility index (Phi) is 8.68. The SMILES string of the molecule is CCCCOCCCNCc1cc(Cl)ccc1Br. The van der Waals surface area contributed by atoms with E-state index in [9.17, 15) is 0 Å². The maximum Gasteiger partial charge on any atom is 0.0478 e. The minimum absolute atomic E-state index is 0.776. The van der Waals surface area contributed by atoms with Crippen LogP contribution in [0.4, 0.5) is 0 Å². The number of benzene rings is 1. The lowest BCUT2D eigenvalue weighted by atomic mass is 10.2. The van der Waals surface area contributed by atoms with Crippen LogP contribution < -0.4 is 5.32 Å². The number of unbranched alkanes of at least 4 members (excludes halogenated alkanes) is 1. The molecule has 0 saturated heterocycles. The molecule has 1 aromatic rings. The van der Waals surface area contributed by atoms with E-state index >= 15 is 0 Å². The van der Waals surface area contributed by atoms with Crippen LogP contribution in [-0.2, 0) is 11.3 Å². The molecule has 18 heavy (non-hydrogen) atoms. The van der Waals surface area contributed by atoms with Crippen molar-refractivity contribution < 1.29 is 4.74 Å². The second-order valence-corrected chi connectivity index (χ2v) is 5.52. The van der Waals surface area contributed by atoms with Gasteiger partial charge in [-0.2, -0.15) is 0 Å². The third-order valence-electron chi connectivity index (χ3n) is 2.61. The standard InChI is InChI=1S/C14H21BrClNO/c1-2-3-8-18-9-4-7-17-11-12-10-13(16)5-6-14(12)15/h5-6,10,17H,2-4,7-9,11H2,1H3. The molecule has 2 nitrogen and oxygen atoms in total. The fourth-order valence-corrected chi connectivity index (χ4v) is 2.13. The van der Waals surface area contributed by atoms with Crippen molar-refractivity contribution >= 4 is 27.5 Å². The molecule has 0 atom stereocenters. The highest BCUT2D eigenvalue weighted by molar-refractivity contribution is 9.10. The lowest BCUT2D eigenvalue weighted by Gasteiger charge is -2.08. The van der Waals surface area contributed by atoms with Crippen LogP contribution in [0.25, 0.3) is 0 Å². The molecule has 0 spiro atoms. The zero-order valence-corrected chi connectivity index (χ0v) is 13.2. The van der Waals surface area contributed by atoms with E-state index in [1.807, 2.05) is 18.2 Å². The summed E-state index contributed by atoms with van der Waals surface area (Å²) in [5.74, 6) is 0. The van der Waals surface area contributed by atoms with Crippen LogP contribution in [0.3, 0.4) is 0 Å². The predicted octanol–water partition coefficient (Wildman–Crippen LogP) is 4.40. The second kappa shape index (κ2) is 9.79. The second-order valence-electron chi connectivity index (χ2n) is 4.23. The molecule has 0 aliphatic rings. The summed E-state index contributed by atoms with van der Waals surface area (Å²) in [5, 5.41) is 4.17. The van der Waals surface area contributed by atoms with Crippen molar-refractivity contribution in [1.82, 2.24) is 5.32 Å². The van der Waals surface area contributed by atoms with Gasteiger partial charge < -0.3 is 10.1 Å². The van der Waals surface area contributed by atoms with Crippen LogP contribution in [0.15, 0.2) is 22.7 Å². The van der Waals surface area contributed by atoms with Gasteiger partial charge in [-0.1, -0.05) is 40.9 Å². The monoisotopic (exact) mass is 333 g/mol. The summed E-state index contributed by atoms with van der Waals surface area (Å²) in [5.41, 5.74) is 1.19. The van der Waals surface area contributed by atoms with Gasteiger partial charge in [0.15, 0.2) is 0 Å². The molecule has 1 aromatic carbocycles. The zero-order valence-electron chi connectivity index (χ0n) is 10.8. The van der Waals surface area contributed by atoms with Crippen molar-refractivity contribution in [3.05, 3.63) is 33.3 Å². The van der Waals surface area contributed by atoms with Crippen LogP contribution in [-0.4, -0.2) is 19.8 Å². The van der Waals surface area contributed by atoms with Gasteiger partial charge in [-0.25, -0.2) is 0 Å². The molecule has 0 saturated carbocycles. The van der Waals surface area contributed by atoms with Crippen LogP contribution in [0.1, 0.15) is 31.7 Å². The largest absolute Gasteiger partial charge is 0.381 e. The van der Waals surface area contributed by atoms with Crippen molar-refractivity contribution in [2.75, 3.05) is 19.8 Å². The van der Waals surface area contributed by atoms with Crippen LogP contribution in [0.5, 0.6) is 0 Å². The first kappa shape index (κ1) is 16.0. The number of hydrogen-bond donors (Lipinski definition) is 1. The Bertz CT molecular complexity index is 347. The van der Waals surface area contributed by atoms with Gasteiger partial charge in [-0.15, -0.1) is 0 Å². The Labute approximate surface area is 123 Å². The van der Waals surface area contributed by atoms with Gasteiger partial charge in [-0.05, 0) is 43.1 Å². The topological polar surface area (TPSA) is 21.3 Å². The minimum Gasteiger partial charge on any atom is -0.381 e. The smallest absolute Gasteiger partial charge is 0.0478 e. The summed E-state index contributed by atoms with van der Waals surface area (Å²) in [4.78, 5) is 0. The highest BCUT2D eigenvalue weighted by Crippen LogP contribution is 2.20. The van der Waals surface area contributed by atoms with E-state index in [0.29, 0.717) is 0 Å². The van der Waals surface area contributed by atoms with E-state index in [2.05, 4.69) is 28.2 Å². The van der Waals surface area contributed by atoms with Gasteiger partial charge in [0.05, 0.1) is 0 Å². The van der Waals surface area contributed by atoms with Crippen LogP contribution in [0, 0.1) is 0 Å². The maximum atomic E-state index is 5.96. The summed E-state index contributed by atoms with van der Waals surface area (Å²) in [6.45, 7) is 5.69. The fraction of sp³-hybridized carbons (Fsp3) is 0.571. The summed E-state index contributed by atoms with van der Waals surface area (Å²) in [6, 6.07) is 5.85. The van der Waals surface area contributed by atoms with E-state index in [1.54, 1.807) is 0 Å². The lowest BCUT2D eigenvalue weighted by Crippen LogP contribution is -2.16. The Hall–Kier alpha value is -0.0900. The third kappa shape index (κ3) is 6.74. The summed E-state index contributed by atoms with van der Waals surface area (Å²) < 4.78 is 6.59. The number of hydrogen-bond acceptors (Lipinski definition) is 2. The number of halogens is 2. The molecule has 0 radical (unpaired) electrons. The van der Waals surface area contributed by atoms with Gasteiger partial charge in [0.2, 0.25) is 0 Å². The zero-order chi connectivity index (χ0) is 13.2. The van der Waals surface area contributed by atoms with Gasteiger partial charge in [0.1, 0.15) is 0 Å². The Morgan fingerprint density at radius 2 is 2.06 bits per heavy atom. The van der Waals surface area contributed by atoms with Crippen molar-refractivity contribution in [2.24, 2.45) is 0 Å². The molecule has 0 bridgehead atoms. The molecule has 0 aliphatic carbocycles. The third-order valence-corrected chi connectivity index (χ3v) is 3.62. The summed E-state index contributed by atoms with van der Waals surface area (Å²) in [7, 11) is 0. The molecule has 0 heterocycles. The molecular formula is C14H21BrClNO. The molecule has 1 rings (SSSR count). The van der Waals surface area contributed by atoms with Crippen LogP contribution >= 0.6 is 27.5 Å². The summed E-state index contributed by atoms with van der Waals surface area (Å²) >= 11 is 9.48. The van der Waals surface area contributed by atoms with Gasteiger partial charge in [0, 0.05) is 29.3 Å². The molecule has 0 unspecified atom stereocenters. The van der Waals surface area contributed by atoms with E-state index in [0.717, 1.165) is 48.6 Å². The molecule has 0 fully saturated rings. The number of rotatable bonds is 9. The van der Waals surface area contributed by atoms with Crippen molar-refractivity contribution in [3.63, 3.8) is 0 Å². The van der Waals surface area contributed by atoms with Gasteiger partial charge >= 0.3 is 0 Å². The average Bonchev–Trinajstić information content (AvgIpc) is 2.36. The minimum atomic E-state index is 0.776. The van der Waals surface area contributed by atoms with Crippen LogP contribution in [0.2, 0.25) is 5.02 Å². The number of ether oxygens (including phenoxy) is 1. The Balaban J connectivity index is 2.09. The molecule has 0 amide bonds. The van der Waals surface area contributed by atoms with Gasteiger partial charge in [0.25, 0.3) is 0 Å². The van der Waals surface area contributed by atoms with Crippen molar-refractivity contribution in [3.8, 4) is 0 Å². The number of nitrogens with one attached hydrogen (secondary N) is 1. The quantitative estimate of drug-likeness (QED) is 0.676. The van der Waals surface area contributed by atoms with Crippen molar-refractivity contribution in [2.45, 2.75) is 32.7 Å². The van der Waals surface area contributed by atoms with E-state index in [4.69, 9.17) is 16.3 Å². The van der Waals surface area contributed by atoms with Gasteiger partial charge in [-0.3, -0.25) is 0 Å². The predicted molar refractivity (Wildman–Crippen MR) is 81.2 cm³/mol. The molecule has 4 heteroatoms. The lowest BCUT2D eigenvalue weighted by molar-refractivity contribution is 0.129.